The number of methoxy groups -OCH3 is 1. The molecule has 0 radical (unpaired) electrons. The molecule has 3 heterocycles. The minimum absolute atomic E-state index is 0.235. The molecule has 6 nitrogen and oxygen atoms in total. The monoisotopic (exact) mass is 231 g/mol. The molecule has 1 aliphatic rings. The van der Waals surface area contributed by atoms with Crippen LogP contribution in [0.4, 0.5) is 5.82 Å². The van der Waals surface area contributed by atoms with Crippen molar-refractivity contribution in [1.29, 1.82) is 0 Å². The van der Waals surface area contributed by atoms with Crippen molar-refractivity contribution in [2.75, 3.05) is 25.1 Å². The smallest absolute Gasteiger partial charge is 0.164 e. The van der Waals surface area contributed by atoms with Crippen molar-refractivity contribution in [3.05, 3.63) is 18.6 Å². The zero-order valence-corrected chi connectivity index (χ0v) is 9.50. The van der Waals surface area contributed by atoms with Gasteiger partial charge in [-0.05, 0) is 6.07 Å². The number of aromatic nitrogens is 3. The molecule has 0 aliphatic carbocycles. The van der Waals surface area contributed by atoms with Crippen LogP contribution in [0.3, 0.4) is 0 Å². The van der Waals surface area contributed by atoms with Gasteiger partial charge in [0, 0.05) is 19.1 Å². The Labute approximate surface area is 98.4 Å². The number of ether oxygens (including phenoxy) is 1. The molecule has 0 amide bonds. The Kier molecular flexibility index (Phi) is 2.29. The van der Waals surface area contributed by atoms with Crippen molar-refractivity contribution >= 4 is 16.9 Å². The van der Waals surface area contributed by atoms with Gasteiger partial charge in [0.15, 0.2) is 5.65 Å². The Morgan fingerprint density at radius 2 is 2.18 bits per heavy atom. The van der Waals surface area contributed by atoms with E-state index < -0.39 is 0 Å². The number of rotatable bonds is 2. The first-order valence-electron chi connectivity index (χ1n) is 5.43. The van der Waals surface area contributed by atoms with Gasteiger partial charge < -0.3 is 15.4 Å². The van der Waals surface area contributed by atoms with Crippen LogP contribution >= 0.6 is 0 Å². The van der Waals surface area contributed by atoms with E-state index in [9.17, 15) is 0 Å². The van der Waals surface area contributed by atoms with Crippen molar-refractivity contribution in [2.24, 2.45) is 5.73 Å². The zero-order valence-electron chi connectivity index (χ0n) is 9.50. The third kappa shape index (κ3) is 1.66. The molecular formula is C11H13N5O. The number of hydrogen-bond donors (Lipinski definition) is 1. The normalized spacial score (nSPS) is 16.0. The summed E-state index contributed by atoms with van der Waals surface area (Å²) < 4.78 is 5.17. The number of hydrogen-bond acceptors (Lipinski definition) is 6. The van der Waals surface area contributed by atoms with Crippen LogP contribution in [0.25, 0.3) is 11.0 Å². The fourth-order valence-electron chi connectivity index (χ4n) is 1.96. The van der Waals surface area contributed by atoms with E-state index in [2.05, 4.69) is 19.9 Å². The Balaban J connectivity index is 2.10. The number of fused-ring (bicyclic) bond motifs is 1. The van der Waals surface area contributed by atoms with Gasteiger partial charge in [0.25, 0.3) is 0 Å². The average Bonchev–Trinajstić information content (AvgIpc) is 2.34. The van der Waals surface area contributed by atoms with Gasteiger partial charge in [0.05, 0.1) is 18.7 Å². The first kappa shape index (κ1) is 10.2. The summed E-state index contributed by atoms with van der Waals surface area (Å²) in [5.41, 5.74) is 6.46. The number of nitrogens with two attached hydrogens (primary N) is 1. The molecule has 0 aromatic carbocycles. The lowest BCUT2D eigenvalue weighted by atomic mass is 10.1. The van der Waals surface area contributed by atoms with E-state index in [1.165, 1.54) is 6.33 Å². The van der Waals surface area contributed by atoms with E-state index in [0.29, 0.717) is 11.4 Å². The number of anilines is 1. The second-order valence-electron chi connectivity index (χ2n) is 4.11. The van der Waals surface area contributed by atoms with Crippen LogP contribution in [0.5, 0.6) is 5.75 Å². The lowest BCUT2D eigenvalue weighted by Gasteiger charge is -2.38. The molecule has 88 valence electrons. The Bertz CT molecular complexity index is 553. The molecule has 0 bridgehead atoms. The standard InChI is InChI=1S/C11H13N5O/c1-17-8-2-9-10(13-3-8)14-6-15-11(9)16-4-7(12)5-16/h2-3,6-7H,4-5,12H2,1H3. The van der Waals surface area contributed by atoms with Crippen LogP contribution < -0.4 is 15.4 Å². The maximum absolute atomic E-state index is 5.78. The molecule has 0 unspecified atom stereocenters. The fraction of sp³-hybridized carbons (Fsp3) is 0.364. The summed E-state index contributed by atoms with van der Waals surface area (Å²) in [7, 11) is 1.62. The van der Waals surface area contributed by atoms with Gasteiger partial charge in [0.2, 0.25) is 0 Å². The van der Waals surface area contributed by atoms with Crippen molar-refractivity contribution in [2.45, 2.75) is 6.04 Å². The van der Waals surface area contributed by atoms with Crippen molar-refractivity contribution in [3.8, 4) is 5.75 Å². The molecule has 0 atom stereocenters. The van der Waals surface area contributed by atoms with Crippen LogP contribution in [-0.2, 0) is 0 Å². The Morgan fingerprint density at radius 3 is 2.88 bits per heavy atom. The summed E-state index contributed by atoms with van der Waals surface area (Å²) in [6.45, 7) is 1.65. The predicted molar refractivity (Wildman–Crippen MR) is 64.1 cm³/mol. The third-order valence-corrected chi connectivity index (χ3v) is 2.89. The second-order valence-corrected chi connectivity index (χ2v) is 4.11. The van der Waals surface area contributed by atoms with E-state index in [-0.39, 0.29) is 6.04 Å². The van der Waals surface area contributed by atoms with Crippen LogP contribution in [0, 0.1) is 0 Å². The van der Waals surface area contributed by atoms with E-state index in [4.69, 9.17) is 10.5 Å². The molecule has 1 saturated heterocycles. The third-order valence-electron chi connectivity index (χ3n) is 2.89. The van der Waals surface area contributed by atoms with Crippen molar-refractivity contribution in [3.63, 3.8) is 0 Å². The summed E-state index contributed by atoms with van der Waals surface area (Å²) in [4.78, 5) is 14.8. The first-order chi connectivity index (χ1) is 8.28. The largest absolute Gasteiger partial charge is 0.495 e. The quantitative estimate of drug-likeness (QED) is 0.794. The van der Waals surface area contributed by atoms with Gasteiger partial charge >= 0.3 is 0 Å². The average molecular weight is 231 g/mol. The van der Waals surface area contributed by atoms with Crippen LogP contribution in [0.15, 0.2) is 18.6 Å². The van der Waals surface area contributed by atoms with Crippen molar-refractivity contribution < 1.29 is 4.74 Å². The highest BCUT2D eigenvalue weighted by Crippen LogP contribution is 2.27. The molecule has 1 fully saturated rings. The number of pyridine rings is 1. The lowest BCUT2D eigenvalue weighted by Crippen LogP contribution is -2.56. The van der Waals surface area contributed by atoms with Gasteiger partial charge in [-0.2, -0.15) is 0 Å². The molecule has 0 spiro atoms. The fourth-order valence-corrected chi connectivity index (χ4v) is 1.96. The zero-order chi connectivity index (χ0) is 11.8. The molecular weight excluding hydrogens is 218 g/mol. The van der Waals surface area contributed by atoms with Gasteiger partial charge in [0.1, 0.15) is 17.9 Å². The molecule has 3 rings (SSSR count). The summed E-state index contributed by atoms with van der Waals surface area (Å²) in [6.07, 6.45) is 3.18. The highest BCUT2D eigenvalue weighted by Gasteiger charge is 2.26. The summed E-state index contributed by atoms with van der Waals surface area (Å²) in [5.74, 6) is 1.58. The Hall–Kier alpha value is -1.95. The summed E-state index contributed by atoms with van der Waals surface area (Å²) in [6, 6.07) is 2.14. The van der Waals surface area contributed by atoms with E-state index >= 15 is 0 Å². The molecule has 1 aliphatic heterocycles. The predicted octanol–water partition coefficient (Wildman–Crippen LogP) is 0.181. The minimum atomic E-state index is 0.235. The molecule has 2 aromatic rings. The minimum Gasteiger partial charge on any atom is -0.495 e. The summed E-state index contributed by atoms with van der Waals surface area (Å²) >= 11 is 0. The molecule has 17 heavy (non-hydrogen) atoms. The molecule has 2 aromatic heterocycles. The lowest BCUT2D eigenvalue weighted by molar-refractivity contribution is 0.413. The first-order valence-corrected chi connectivity index (χ1v) is 5.43. The second kappa shape index (κ2) is 3.81. The van der Waals surface area contributed by atoms with E-state index in [0.717, 1.165) is 24.3 Å². The maximum atomic E-state index is 5.78. The maximum Gasteiger partial charge on any atom is 0.164 e. The van der Waals surface area contributed by atoms with Gasteiger partial charge in [-0.15, -0.1) is 0 Å². The topological polar surface area (TPSA) is 77.2 Å². The SMILES string of the molecule is COc1cnc2ncnc(N3CC(N)C3)c2c1. The van der Waals surface area contributed by atoms with Crippen molar-refractivity contribution in [1.82, 2.24) is 15.0 Å². The van der Waals surface area contributed by atoms with Crippen LogP contribution in [0.1, 0.15) is 0 Å². The Morgan fingerprint density at radius 1 is 1.35 bits per heavy atom. The highest BCUT2D eigenvalue weighted by molar-refractivity contribution is 5.88. The summed E-state index contributed by atoms with van der Waals surface area (Å²) in [5, 5.41) is 0.902. The van der Waals surface area contributed by atoms with Gasteiger partial charge in [-0.25, -0.2) is 15.0 Å². The van der Waals surface area contributed by atoms with Gasteiger partial charge in [-0.1, -0.05) is 0 Å². The number of nitrogens with zero attached hydrogens (tertiary/aromatic N) is 4. The van der Waals surface area contributed by atoms with E-state index in [1.54, 1.807) is 13.3 Å². The van der Waals surface area contributed by atoms with Crippen LogP contribution in [-0.4, -0.2) is 41.2 Å². The molecule has 6 heteroatoms. The highest BCUT2D eigenvalue weighted by atomic mass is 16.5. The molecule has 2 N–H and O–H groups in total. The molecule has 0 saturated carbocycles. The van der Waals surface area contributed by atoms with Gasteiger partial charge in [-0.3, -0.25) is 0 Å². The van der Waals surface area contributed by atoms with Crippen LogP contribution in [0.2, 0.25) is 0 Å². The van der Waals surface area contributed by atoms with E-state index in [1.807, 2.05) is 6.07 Å².